The lowest BCUT2D eigenvalue weighted by molar-refractivity contribution is 0.243. The summed E-state index contributed by atoms with van der Waals surface area (Å²) in [5, 5.41) is 3.00. The summed E-state index contributed by atoms with van der Waals surface area (Å²) in [5.41, 5.74) is 0.566. The molecule has 15 heavy (non-hydrogen) atoms. The fraction of sp³-hybridized carbons (Fsp3) is 0.400. The molecule has 5 heteroatoms. The molecule has 2 rings (SSSR count). The third kappa shape index (κ3) is 2.21. The molecule has 1 unspecified atom stereocenters. The third-order valence-corrected chi connectivity index (χ3v) is 2.41. The molecule has 0 aromatic heterocycles. The predicted molar refractivity (Wildman–Crippen MR) is 55.5 cm³/mol. The lowest BCUT2D eigenvalue weighted by atomic mass is 10.0. The van der Waals surface area contributed by atoms with Crippen LogP contribution in [0, 0.1) is 11.6 Å². The molecule has 84 valence electrons. The zero-order valence-corrected chi connectivity index (χ0v) is 9.04. The second-order valence-electron chi connectivity index (χ2n) is 3.28. The first kappa shape index (κ1) is 12.2. The first-order valence-electron chi connectivity index (χ1n) is 4.51. The second-order valence-corrected chi connectivity index (χ2v) is 3.28. The highest BCUT2D eigenvalue weighted by Gasteiger charge is 2.23. The van der Waals surface area contributed by atoms with Crippen LogP contribution in [0.2, 0.25) is 0 Å². The summed E-state index contributed by atoms with van der Waals surface area (Å²) in [7, 11) is 1.77. The molecule has 0 fully saturated rings. The molecule has 1 N–H and O–H groups in total. The summed E-state index contributed by atoms with van der Waals surface area (Å²) in [6.45, 7) is 0.459. The number of halogens is 3. The van der Waals surface area contributed by atoms with Crippen molar-refractivity contribution in [3.8, 4) is 5.75 Å². The summed E-state index contributed by atoms with van der Waals surface area (Å²) < 4.78 is 31.4. The van der Waals surface area contributed by atoms with E-state index in [1.54, 1.807) is 7.05 Å². The highest BCUT2D eigenvalue weighted by molar-refractivity contribution is 5.85. The van der Waals surface area contributed by atoms with Crippen LogP contribution in [0.1, 0.15) is 18.0 Å². The summed E-state index contributed by atoms with van der Waals surface area (Å²) in [5.74, 6) is -1.01. The number of benzene rings is 1. The van der Waals surface area contributed by atoms with Gasteiger partial charge >= 0.3 is 0 Å². The number of fused-ring (bicyclic) bond motifs is 1. The van der Waals surface area contributed by atoms with Crippen LogP contribution in [0.3, 0.4) is 0 Å². The maximum atomic E-state index is 13.2. The van der Waals surface area contributed by atoms with Crippen molar-refractivity contribution >= 4 is 12.4 Å². The zero-order valence-electron chi connectivity index (χ0n) is 8.22. The van der Waals surface area contributed by atoms with Gasteiger partial charge in [-0.25, -0.2) is 8.78 Å². The van der Waals surface area contributed by atoms with E-state index in [0.717, 1.165) is 12.5 Å². The monoisotopic (exact) mass is 235 g/mol. The van der Waals surface area contributed by atoms with E-state index in [0.29, 0.717) is 12.2 Å². The molecule has 0 saturated carbocycles. The molecular weight excluding hydrogens is 224 g/mol. The molecule has 1 atom stereocenters. The molecule has 1 aliphatic heterocycles. The van der Waals surface area contributed by atoms with E-state index in [1.807, 2.05) is 0 Å². The maximum Gasteiger partial charge on any atom is 0.168 e. The van der Waals surface area contributed by atoms with Crippen molar-refractivity contribution in [2.75, 3.05) is 13.7 Å². The Morgan fingerprint density at radius 3 is 2.80 bits per heavy atom. The van der Waals surface area contributed by atoms with Gasteiger partial charge in [0.1, 0.15) is 5.82 Å². The van der Waals surface area contributed by atoms with E-state index in [9.17, 15) is 8.78 Å². The molecule has 2 nitrogen and oxygen atoms in total. The highest BCUT2D eigenvalue weighted by Crippen LogP contribution is 2.34. The van der Waals surface area contributed by atoms with Crippen molar-refractivity contribution in [2.24, 2.45) is 0 Å². The quantitative estimate of drug-likeness (QED) is 0.807. The van der Waals surface area contributed by atoms with Crippen LogP contribution in [-0.2, 0) is 0 Å². The van der Waals surface area contributed by atoms with E-state index in [-0.39, 0.29) is 24.2 Å². The van der Waals surface area contributed by atoms with Gasteiger partial charge in [0, 0.05) is 24.1 Å². The zero-order chi connectivity index (χ0) is 10.1. The van der Waals surface area contributed by atoms with Crippen molar-refractivity contribution in [2.45, 2.75) is 12.5 Å². The SMILES string of the molecule is CNC1CCOc2c(F)cc(F)cc21.Cl. The molecule has 0 radical (unpaired) electrons. The Morgan fingerprint density at radius 1 is 1.40 bits per heavy atom. The molecule has 0 aliphatic carbocycles. The predicted octanol–water partition coefficient (Wildman–Crippen LogP) is 2.43. The van der Waals surface area contributed by atoms with Crippen molar-refractivity contribution in [1.82, 2.24) is 5.32 Å². The van der Waals surface area contributed by atoms with Crippen LogP contribution in [0.15, 0.2) is 12.1 Å². The molecule has 1 aromatic rings. The van der Waals surface area contributed by atoms with Gasteiger partial charge in [0.2, 0.25) is 0 Å². The van der Waals surface area contributed by atoms with Crippen LogP contribution in [0.4, 0.5) is 8.78 Å². The van der Waals surface area contributed by atoms with E-state index < -0.39 is 11.6 Å². The van der Waals surface area contributed by atoms with Gasteiger partial charge in [-0.2, -0.15) is 0 Å². The van der Waals surface area contributed by atoms with Crippen LogP contribution in [-0.4, -0.2) is 13.7 Å². The fourth-order valence-corrected chi connectivity index (χ4v) is 1.73. The molecule has 1 aliphatic rings. The van der Waals surface area contributed by atoms with Gasteiger partial charge < -0.3 is 10.1 Å². The van der Waals surface area contributed by atoms with Gasteiger partial charge in [-0.15, -0.1) is 12.4 Å². The molecule has 0 bridgehead atoms. The second kappa shape index (κ2) is 4.77. The Labute approximate surface area is 93.0 Å². The largest absolute Gasteiger partial charge is 0.490 e. The van der Waals surface area contributed by atoms with Gasteiger partial charge in [0.15, 0.2) is 11.6 Å². The lowest BCUT2D eigenvalue weighted by Gasteiger charge is -2.25. The summed E-state index contributed by atoms with van der Waals surface area (Å²) in [6, 6.07) is 2.14. The molecule has 0 spiro atoms. The van der Waals surface area contributed by atoms with Crippen LogP contribution in [0.5, 0.6) is 5.75 Å². The Morgan fingerprint density at radius 2 is 2.13 bits per heavy atom. The minimum absolute atomic E-state index is 0. The maximum absolute atomic E-state index is 13.2. The van der Waals surface area contributed by atoms with Crippen molar-refractivity contribution in [3.63, 3.8) is 0 Å². The first-order chi connectivity index (χ1) is 6.72. The van der Waals surface area contributed by atoms with E-state index in [4.69, 9.17) is 4.74 Å². The Hall–Kier alpha value is -0.870. The molecule has 0 amide bonds. The lowest BCUT2D eigenvalue weighted by Crippen LogP contribution is -2.24. The average Bonchev–Trinajstić information content (AvgIpc) is 2.17. The van der Waals surface area contributed by atoms with Gasteiger partial charge in [0.05, 0.1) is 6.61 Å². The van der Waals surface area contributed by atoms with Crippen LogP contribution in [0.25, 0.3) is 0 Å². The molecule has 0 saturated heterocycles. The highest BCUT2D eigenvalue weighted by atomic mass is 35.5. The topological polar surface area (TPSA) is 21.3 Å². The summed E-state index contributed by atoms with van der Waals surface area (Å²) in [6.07, 6.45) is 0.729. The molecular formula is C10H12ClF2NO. The number of rotatable bonds is 1. The Balaban J connectivity index is 0.00000112. The Bertz CT molecular complexity index is 360. The average molecular weight is 236 g/mol. The summed E-state index contributed by atoms with van der Waals surface area (Å²) >= 11 is 0. The fourth-order valence-electron chi connectivity index (χ4n) is 1.73. The van der Waals surface area contributed by atoms with E-state index in [1.165, 1.54) is 6.07 Å². The van der Waals surface area contributed by atoms with Crippen molar-refractivity contribution in [3.05, 3.63) is 29.3 Å². The van der Waals surface area contributed by atoms with Crippen molar-refractivity contribution < 1.29 is 13.5 Å². The van der Waals surface area contributed by atoms with Gasteiger partial charge in [-0.05, 0) is 13.1 Å². The minimum atomic E-state index is -0.625. The smallest absolute Gasteiger partial charge is 0.168 e. The van der Waals surface area contributed by atoms with E-state index >= 15 is 0 Å². The number of hydrogen-bond acceptors (Lipinski definition) is 2. The van der Waals surface area contributed by atoms with Crippen LogP contribution >= 0.6 is 12.4 Å². The normalized spacial score (nSPS) is 18.7. The third-order valence-electron chi connectivity index (χ3n) is 2.41. The Kier molecular flexibility index (Phi) is 3.88. The van der Waals surface area contributed by atoms with Gasteiger partial charge in [0.25, 0.3) is 0 Å². The van der Waals surface area contributed by atoms with Crippen LogP contribution < -0.4 is 10.1 Å². The number of ether oxygens (including phenoxy) is 1. The van der Waals surface area contributed by atoms with E-state index in [2.05, 4.69) is 5.32 Å². The van der Waals surface area contributed by atoms with Gasteiger partial charge in [-0.3, -0.25) is 0 Å². The number of hydrogen-bond donors (Lipinski definition) is 1. The first-order valence-corrected chi connectivity index (χ1v) is 4.51. The minimum Gasteiger partial charge on any atom is -0.490 e. The number of nitrogens with one attached hydrogen (secondary N) is 1. The standard InChI is InChI=1S/C10H11F2NO.ClH/c1-13-9-2-3-14-10-7(9)4-6(11)5-8(10)12;/h4-5,9,13H,2-3H2,1H3;1H. The summed E-state index contributed by atoms with van der Waals surface area (Å²) in [4.78, 5) is 0. The molecule has 1 heterocycles. The molecule has 1 aromatic carbocycles. The van der Waals surface area contributed by atoms with Gasteiger partial charge in [-0.1, -0.05) is 0 Å². The van der Waals surface area contributed by atoms with Crippen molar-refractivity contribution in [1.29, 1.82) is 0 Å².